The number of rotatable bonds is 2. The fraction of sp³-hybridized carbons (Fsp3) is 0.0625. The predicted molar refractivity (Wildman–Crippen MR) is 152 cm³/mol. The van der Waals surface area contributed by atoms with Crippen LogP contribution in [0.4, 0.5) is 0 Å². The molecule has 35 heavy (non-hydrogen) atoms. The van der Waals surface area contributed by atoms with E-state index < -0.39 is 0 Å². The van der Waals surface area contributed by atoms with E-state index in [-0.39, 0.29) is 0 Å². The zero-order chi connectivity index (χ0) is 22.9. The van der Waals surface area contributed by atoms with Crippen molar-refractivity contribution in [2.45, 2.75) is 16.6 Å². The molecule has 0 N–H and O–H groups in total. The van der Waals surface area contributed by atoms with Crippen molar-refractivity contribution in [1.29, 1.82) is 0 Å². The van der Waals surface area contributed by atoms with E-state index in [4.69, 9.17) is 0 Å². The maximum absolute atomic E-state index is 2.47. The smallest absolute Gasteiger partial charge is 0.0552 e. The average molecular weight is 484 g/mol. The number of thiophene rings is 1. The molecule has 0 amide bonds. The Balaban J connectivity index is 1.38. The maximum Gasteiger partial charge on any atom is 0.0552 e. The van der Waals surface area contributed by atoms with Crippen LogP contribution in [0.3, 0.4) is 0 Å². The van der Waals surface area contributed by atoms with Crippen LogP contribution in [0.15, 0.2) is 114 Å². The highest BCUT2D eigenvalue weighted by Crippen LogP contribution is 2.51. The highest BCUT2D eigenvalue weighted by molar-refractivity contribution is 8.00. The minimum absolute atomic E-state index is 0.479. The molecule has 0 saturated carbocycles. The summed E-state index contributed by atoms with van der Waals surface area (Å²) in [5, 5.41) is 5.91. The van der Waals surface area contributed by atoms with Crippen LogP contribution in [0.25, 0.3) is 47.7 Å². The van der Waals surface area contributed by atoms with E-state index in [2.05, 4.69) is 114 Å². The molecule has 1 atom stereocenters. The molecule has 8 rings (SSSR count). The summed E-state index contributed by atoms with van der Waals surface area (Å²) in [7, 11) is 0. The van der Waals surface area contributed by atoms with Gasteiger partial charge in [-0.25, -0.2) is 0 Å². The number of fused-ring (bicyclic) bond motifs is 8. The van der Waals surface area contributed by atoms with Gasteiger partial charge in [0.15, 0.2) is 0 Å². The lowest BCUT2D eigenvalue weighted by atomic mass is 10.0. The Morgan fingerprint density at radius 2 is 1.40 bits per heavy atom. The van der Waals surface area contributed by atoms with Gasteiger partial charge < -0.3 is 4.57 Å². The van der Waals surface area contributed by atoms with Crippen LogP contribution in [-0.4, -0.2) is 4.57 Å². The molecule has 1 aliphatic heterocycles. The second-order valence-electron chi connectivity index (χ2n) is 9.30. The quantitative estimate of drug-likeness (QED) is 0.237. The van der Waals surface area contributed by atoms with E-state index in [9.17, 15) is 0 Å². The molecule has 0 radical (unpaired) electrons. The van der Waals surface area contributed by atoms with Gasteiger partial charge in [0.1, 0.15) is 0 Å². The van der Waals surface area contributed by atoms with Crippen LogP contribution in [0.5, 0.6) is 0 Å². The minimum atomic E-state index is 0.479. The Morgan fingerprint density at radius 1 is 0.629 bits per heavy atom. The molecule has 1 unspecified atom stereocenters. The Kier molecular flexibility index (Phi) is 4.22. The summed E-state index contributed by atoms with van der Waals surface area (Å²) >= 11 is 3.91. The van der Waals surface area contributed by atoms with Gasteiger partial charge in [-0.1, -0.05) is 72.8 Å². The number of hydrogen-bond acceptors (Lipinski definition) is 2. The average Bonchev–Trinajstić information content (AvgIpc) is 3.60. The summed E-state index contributed by atoms with van der Waals surface area (Å²) in [4.78, 5) is 1.45. The topological polar surface area (TPSA) is 4.93 Å². The molecule has 3 heterocycles. The zero-order valence-corrected chi connectivity index (χ0v) is 20.6. The molecule has 1 aliphatic rings. The van der Waals surface area contributed by atoms with Crippen molar-refractivity contribution in [3.05, 3.63) is 120 Å². The van der Waals surface area contributed by atoms with Crippen molar-refractivity contribution >= 4 is 65.1 Å². The number of aromatic nitrogens is 1. The summed E-state index contributed by atoms with van der Waals surface area (Å²) in [6.07, 6.45) is 1.09. The largest absolute Gasteiger partial charge is 0.309 e. The monoisotopic (exact) mass is 483 g/mol. The SMILES string of the molecule is c1ccc(C2Cc3ccc4c(c3S2)c2ccccc2n4-c2ccc3sc4ccccc4c3c2)cc1. The van der Waals surface area contributed by atoms with Gasteiger partial charge in [-0.2, -0.15) is 0 Å². The molecule has 166 valence electrons. The molecule has 0 aliphatic carbocycles. The van der Waals surface area contributed by atoms with Gasteiger partial charge >= 0.3 is 0 Å². The lowest BCUT2D eigenvalue weighted by molar-refractivity contribution is 0.951. The van der Waals surface area contributed by atoms with Crippen molar-refractivity contribution in [2.24, 2.45) is 0 Å². The van der Waals surface area contributed by atoms with Crippen molar-refractivity contribution < 1.29 is 0 Å². The molecule has 5 aromatic carbocycles. The summed E-state index contributed by atoms with van der Waals surface area (Å²) in [5.74, 6) is 0. The Bertz CT molecular complexity index is 1910. The van der Waals surface area contributed by atoms with Crippen LogP contribution >= 0.6 is 23.1 Å². The van der Waals surface area contributed by atoms with Gasteiger partial charge in [-0.05, 0) is 53.9 Å². The van der Waals surface area contributed by atoms with E-state index >= 15 is 0 Å². The first-order valence-corrected chi connectivity index (χ1v) is 13.7. The molecule has 0 bridgehead atoms. The van der Waals surface area contributed by atoms with Crippen LogP contribution in [-0.2, 0) is 6.42 Å². The number of hydrogen-bond donors (Lipinski definition) is 0. The molecular formula is C32H21NS2. The maximum atomic E-state index is 2.47. The molecule has 2 aromatic heterocycles. The van der Waals surface area contributed by atoms with E-state index in [0.717, 1.165) is 6.42 Å². The van der Waals surface area contributed by atoms with Gasteiger partial charge in [0.05, 0.1) is 11.0 Å². The first-order valence-electron chi connectivity index (χ1n) is 12.0. The third kappa shape index (κ3) is 2.89. The predicted octanol–water partition coefficient (Wildman–Crippen LogP) is 9.54. The minimum Gasteiger partial charge on any atom is -0.309 e. The Labute approximate surface area is 211 Å². The van der Waals surface area contributed by atoms with Gasteiger partial charge in [0, 0.05) is 46.8 Å². The Morgan fingerprint density at radius 3 is 2.31 bits per heavy atom. The van der Waals surface area contributed by atoms with E-state index in [1.165, 1.54) is 63.7 Å². The fourth-order valence-corrected chi connectivity index (χ4v) is 8.30. The highest BCUT2D eigenvalue weighted by atomic mass is 32.2. The standard InChI is InChI=1S/C32H21NS2/c1-2-8-20(9-3-1)30-18-21-14-16-27-31(32(21)35-30)24-11-4-6-12-26(24)33(27)22-15-17-29-25(19-22)23-10-5-7-13-28(23)34-29/h1-17,19,30H,18H2. The first kappa shape index (κ1) is 19.7. The van der Waals surface area contributed by atoms with Crippen molar-refractivity contribution in [3.8, 4) is 5.69 Å². The lowest BCUT2D eigenvalue weighted by Crippen LogP contribution is -1.94. The second kappa shape index (κ2) is 7.48. The van der Waals surface area contributed by atoms with Crippen molar-refractivity contribution in [3.63, 3.8) is 0 Å². The lowest BCUT2D eigenvalue weighted by Gasteiger charge is -2.09. The van der Waals surface area contributed by atoms with E-state index in [0.29, 0.717) is 5.25 Å². The van der Waals surface area contributed by atoms with Gasteiger partial charge in [-0.3, -0.25) is 0 Å². The molecular weight excluding hydrogens is 462 g/mol. The molecule has 1 nitrogen and oxygen atoms in total. The second-order valence-corrected chi connectivity index (χ2v) is 11.6. The number of benzene rings is 5. The third-order valence-corrected chi connectivity index (χ3v) is 9.90. The highest BCUT2D eigenvalue weighted by Gasteiger charge is 2.28. The fourth-order valence-electron chi connectivity index (χ4n) is 5.74. The zero-order valence-electron chi connectivity index (χ0n) is 18.9. The summed E-state index contributed by atoms with van der Waals surface area (Å²) < 4.78 is 5.16. The van der Waals surface area contributed by atoms with Crippen molar-refractivity contribution in [2.75, 3.05) is 0 Å². The van der Waals surface area contributed by atoms with Crippen LogP contribution < -0.4 is 0 Å². The van der Waals surface area contributed by atoms with Crippen LogP contribution in [0, 0.1) is 0 Å². The van der Waals surface area contributed by atoms with Gasteiger partial charge in [0.2, 0.25) is 0 Å². The molecule has 0 saturated heterocycles. The summed E-state index contributed by atoms with van der Waals surface area (Å²) in [6.45, 7) is 0. The summed E-state index contributed by atoms with van der Waals surface area (Å²) in [5.41, 5.74) is 6.69. The third-order valence-electron chi connectivity index (χ3n) is 7.33. The number of nitrogens with zero attached hydrogens (tertiary/aromatic N) is 1. The van der Waals surface area contributed by atoms with Crippen LogP contribution in [0.1, 0.15) is 16.4 Å². The number of thioether (sulfide) groups is 1. The van der Waals surface area contributed by atoms with E-state index in [1.54, 1.807) is 0 Å². The summed E-state index contributed by atoms with van der Waals surface area (Å²) in [6, 6.07) is 40.3. The number of para-hydroxylation sites is 1. The Hall–Kier alpha value is -3.53. The molecule has 0 fully saturated rings. The first-order chi connectivity index (χ1) is 17.3. The van der Waals surface area contributed by atoms with E-state index in [1.807, 2.05) is 23.1 Å². The molecule has 0 spiro atoms. The molecule has 7 aromatic rings. The van der Waals surface area contributed by atoms with Crippen molar-refractivity contribution in [1.82, 2.24) is 4.57 Å². The van der Waals surface area contributed by atoms with Gasteiger partial charge in [-0.15, -0.1) is 23.1 Å². The van der Waals surface area contributed by atoms with Gasteiger partial charge in [0.25, 0.3) is 0 Å². The molecule has 3 heteroatoms. The normalized spacial score (nSPS) is 15.5. The van der Waals surface area contributed by atoms with Crippen LogP contribution in [0.2, 0.25) is 0 Å².